The molecule has 3 fully saturated rings. The fraction of sp³-hybridized carbons (Fsp3) is 0.717. The summed E-state index contributed by atoms with van der Waals surface area (Å²) in [5.41, 5.74) is 0.570. The lowest BCUT2D eigenvalue weighted by atomic mass is 9.89. The van der Waals surface area contributed by atoms with E-state index in [0.29, 0.717) is 30.6 Å². The Labute approximate surface area is 484 Å². The van der Waals surface area contributed by atoms with E-state index in [1.54, 1.807) is 58.9 Å². The van der Waals surface area contributed by atoms with Crippen LogP contribution in [-0.2, 0) is 68.6 Å². The molecule has 0 unspecified atom stereocenters. The topological polar surface area (TPSA) is 276 Å². The van der Waals surface area contributed by atoms with Crippen molar-refractivity contribution in [1.29, 1.82) is 0 Å². The van der Waals surface area contributed by atoms with E-state index in [4.69, 9.17) is 14.2 Å². The molecule has 0 aromatic heterocycles. The third-order valence-electron chi connectivity index (χ3n) is 16.2. The molecule has 82 heavy (non-hydrogen) atoms. The Kier molecular flexibility index (Phi) is 25.1. The lowest BCUT2D eigenvalue weighted by Gasteiger charge is -2.43. The maximum Gasteiger partial charge on any atom is 0.329 e. The number of likely N-dealkylation sites (tertiary alicyclic amines) is 1. The number of hydrogen-bond donors (Lipinski definition) is 3. The van der Waals surface area contributed by atoms with Gasteiger partial charge in [0.2, 0.25) is 41.2 Å². The van der Waals surface area contributed by atoms with E-state index in [1.807, 2.05) is 34.6 Å². The van der Waals surface area contributed by atoms with Gasteiger partial charge in [-0.15, -0.1) is 0 Å². The number of benzene rings is 1. The van der Waals surface area contributed by atoms with E-state index in [0.717, 1.165) is 6.92 Å². The number of nitrogens with one attached hydrogen (secondary N) is 2. The molecule has 458 valence electrons. The molecule has 3 saturated heterocycles. The number of Topliss-reactive ketones (excluding diaryl/α,β-unsaturated/α-hetero) is 2. The van der Waals surface area contributed by atoms with Crippen LogP contribution < -0.4 is 15.4 Å². The molecule has 0 radical (unpaired) electrons. The second kappa shape index (κ2) is 30.2. The number of ether oxygens (including phenoxy) is 3. The fourth-order valence-electron chi connectivity index (χ4n) is 11.3. The number of rotatable bonds is 16. The van der Waals surface area contributed by atoms with Crippen LogP contribution in [0, 0.1) is 29.6 Å². The van der Waals surface area contributed by atoms with Crippen molar-refractivity contribution in [1.82, 2.24) is 35.1 Å². The normalized spacial score (nSPS) is 26.9. The molecule has 0 spiro atoms. The Balaban J connectivity index is 1.97. The maximum atomic E-state index is 15.8. The van der Waals surface area contributed by atoms with Crippen LogP contribution in [0.5, 0.6) is 5.75 Å². The zero-order valence-electron chi connectivity index (χ0n) is 51.2. The van der Waals surface area contributed by atoms with Gasteiger partial charge in [0.25, 0.3) is 5.91 Å². The summed E-state index contributed by atoms with van der Waals surface area (Å²) in [7, 11) is 4.30. The standard InChI is InChI=1S/C60H93N7O15/c1-17-36(10)50-47(69)31-48(70)82-52(34(6)7)51(71)37(11)53(72)61-42(28-32(2)3)56(75)66-27-19-21-44(66)58(77)64(15)46(30-40-22-24-41(80-16)25-23-40)60(79)81-39(13)49(59(78)67(50)35(8)9)62-54(73)45(29-33(4)5)63(14)57(76)43-20-18-26-65(43)55(74)38(12)68/h22-25,32-37,39,42-47,49-50,52,69H,17-21,26-31H2,1-16H3,(H,61,72)(H,62,73)/t36-,37-,39+,42-,43-,44-,45+,46-,47-,49-,50-,52-/m0/s1. The number of aliphatic hydroxyl groups is 1. The van der Waals surface area contributed by atoms with Crippen molar-refractivity contribution in [3.8, 4) is 5.75 Å². The minimum Gasteiger partial charge on any atom is -0.497 e. The zero-order valence-corrected chi connectivity index (χ0v) is 51.2. The molecular formula is C60H93N7O15. The summed E-state index contributed by atoms with van der Waals surface area (Å²) in [6.07, 6.45) is -3.75. The van der Waals surface area contributed by atoms with Gasteiger partial charge in [-0.3, -0.25) is 47.9 Å². The summed E-state index contributed by atoms with van der Waals surface area (Å²) in [5.74, 6) is -11.2. The number of hydrogen-bond acceptors (Lipinski definition) is 15. The van der Waals surface area contributed by atoms with Gasteiger partial charge >= 0.3 is 11.9 Å². The predicted octanol–water partition coefficient (Wildman–Crippen LogP) is 3.65. The van der Waals surface area contributed by atoms with Crippen LogP contribution in [0.3, 0.4) is 0 Å². The van der Waals surface area contributed by atoms with Crippen LogP contribution in [0.1, 0.15) is 147 Å². The molecule has 22 heteroatoms. The summed E-state index contributed by atoms with van der Waals surface area (Å²) in [6, 6.07) is -3.04. The molecule has 0 aliphatic carbocycles. The number of cyclic esters (lactones) is 2. The number of fused-ring (bicyclic) bond motifs is 1. The van der Waals surface area contributed by atoms with Gasteiger partial charge in [0.15, 0.2) is 11.9 Å². The average molecular weight is 1150 g/mol. The van der Waals surface area contributed by atoms with Crippen molar-refractivity contribution in [3.63, 3.8) is 0 Å². The summed E-state index contributed by atoms with van der Waals surface area (Å²) in [5, 5.41) is 17.9. The molecule has 4 rings (SSSR count). The molecule has 12 atom stereocenters. The van der Waals surface area contributed by atoms with Gasteiger partial charge in [-0.25, -0.2) is 4.79 Å². The number of aliphatic hydroxyl groups excluding tert-OH is 1. The average Bonchev–Trinajstić information content (AvgIpc) is 4.15. The smallest absolute Gasteiger partial charge is 0.329 e. The van der Waals surface area contributed by atoms with Crippen molar-refractivity contribution in [2.75, 3.05) is 34.3 Å². The molecule has 0 bridgehead atoms. The van der Waals surface area contributed by atoms with E-state index in [-0.39, 0.29) is 57.0 Å². The third-order valence-corrected chi connectivity index (χ3v) is 16.2. The predicted molar refractivity (Wildman–Crippen MR) is 303 cm³/mol. The maximum absolute atomic E-state index is 15.8. The highest BCUT2D eigenvalue weighted by molar-refractivity contribution is 6.35. The highest BCUT2D eigenvalue weighted by Crippen LogP contribution is 2.29. The molecular weight excluding hydrogens is 1060 g/mol. The molecule has 0 saturated carbocycles. The van der Waals surface area contributed by atoms with Crippen LogP contribution in [0.4, 0.5) is 0 Å². The van der Waals surface area contributed by atoms with Gasteiger partial charge in [-0.05, 0) is 108 Å². The lowest BCUT2D eigenvalue weighted by molar-refractivity contribution is -0.166. The zero-order chi connectivity index (χ0) is 61.8. The molecule has 3 heterocycles. The Morgan fingerprint density at radius 3 is 2.02 bits per heavy atom. The van der Waals surface area contributed by atoms with E-state index in [2.05, 4.69) is 10.6 Å². The number of nitrogens with zero attached hydrogens (tertiary/aromatic N) is 5. The van der Waals surface area contributed by atoms with Gasteiger partial charge in [0, 0.05) is 46.6 Å². The third kappa shape index (κ3) is 16.9. The lowest BCUT2D eigenvalue weighted by Crippen LogP contribution is -2.64. The van der Waals surface area contributed by atoms with Crippen LogP contribution in [-0.4, -0.2) is 195 Å². The van der Waals surface area contributed by atoms with Crippen molar-refractivity contribution >= 4 is 64.9 Å². The molecule has 22 nitrogen and oxygen atoms in total. The van der Waals surface area contributed by atoms with Crippen molar-refractivity contribution < 1.29 is 72.1 Å². The molecule has 1 aromatic carbocycles. The summed E-state index contributed by atoms with van der Waals surface area (Å²) in [4.78, 5) is 164. The Morgan fingerprint density at radius 2 is 1.48 bits per heavy atom. The van der Waals surface area contributed by atoms with E-state index < -0.39 is 156 Å². The Morgan fingerprint density at radius 1 is 0.854 bits per heavy atom. The van der Waals surface area contributed by atoms with Crippen molar-refractivity contribution in [2.24, 2.45) is 29.6 Å². The monoisotopic (exact) mass is 1150 g/mol. The Bertz CT molecular complexity index is 2470. The van der Waals surface area contributed by atoms with Gasteiger partial charge in [-0.1, -0.05) is 73.9 Å². The second-order valence-electron chi connectivity index (χ2n) is 24.1. The molecule has 3 N–H and O–H groups in total. The largest absolute Gasteiger partial charge is 0.497 e. The summed E-state index contributed by atoms with van der Waals surface area (Å²) in [6.45, 7) is 21.6. The summed E-state index contributed by atoms with van der Waals surface area (Å²) < 4.78 is 17.5. The van der Waals surface area contributed by atoms with Gasteiger partial charge in [0.1, 0.15) is 48.1 Å². The quantitative estimate of drug-likeness (QED) is 0.121. The van der Waals surface area contributed by atoms with Gasteiger partial charge in [0.05, 0.1) is 31.6 Å². The van der Waals surface area contributed by atoms with Crippen LogP contribution in [0.2, 0.25) is 0 Å². The van der Waals surface area contributed by atoms with Crippen molar-refractivity contribution in [3.05, 3.63) is 29.8 Å². The van der Waals surface area contributed by atoms with Crippen molar-refractivity contribution in [2.45, 2.75) is 214 Å². The summed E-state index contributed by atoms with van der Waals surface area (Å²) >= 11 is 0. The minimum absolute atomic E-state index is 0.0549. The van der Waals surface area contributed by atoms with Gasteiger partial charge < -0.3 is 54.5 Å². The van der Waals surface area contributed by atoms with Gasteiger partial charge in [-0.2, -0.15) is 0 Å². The number of methoxy groups -OCH3 is 1. The first kappa shape index (κ1) is 68.1. The number of carbonyl (C=O) groups excluding carboxylic acids is 11. The first-order valence-corrected chi connectivity index (χ1v) is 29.2. The highest BCUT2D eigenvalue weighted by atomic mass is 16.6. The van der Waals surface area contributed by atoms with E-state index >= 15 is 19.2 Å². The van der Waals surface area contributed by atoms with E-state index in [9.17, 15) is 38.7 Å². The first-order valence-electron chi connectivity index (χ1n) is 29.2. The number of likely N-dealkylation sites (N-methyl/N-ethyl adjacent to an activating group) is 2. The number of esters is 2. The molecule has 3 aliphatic rings. The Hall–Kier alpha value is -6.45. The number of carbonyl (C=O) groups is 11. The molecule has 1 aromatic rings. The highest BCUT2D eigenvalue weighted by Gasteiger charge is 2.48. The first-order chi connectivity index (χ1) is 38.4. The van der Waals surface area contributed by atoms with Crippen LogP contribution in [0.25, 0.3) is 0 Å². The minimum atomic E-state index is -1.77. The number of amides is 7. The number of ketones is 2. The second-order valence-corrected chi connectivity index (χ2v) is 24.1. The fourth-order valence-corrected chi connectivity index (χ4v) is 11.3. The van der Waals surface area contributed by atoms with Crippen LogP contribution >= 0.6 is 0 Å². The molecule has 7 amide bonds. The molecule has 3 aliphatic heterocycles. The van der Waals surface area contributed by atoms with Crippen LogP contribution in [0.15, 0.2) is 24.3 Å². The SMILES string of the molecule is CC[C@H](C)[C@H]1[C@@H](O)CC(=O)O[C@@H](C(C)C)C(=O)[C@H](C)C(=O)N[C@@H](CC(C)C)C(=O)N2CCC[C@H]2C(=O)N(C)[C@@H](Cc2ccc(OC)cc2)C(=O)O[C@H](C)[C@H](NC(=O)[C@@H](CC(C)C)N(C)C(=O)[C@@H]2CCCN2C(=O)C(C)=O)C(=O)N1C(C)C. The van der Waals surface area contributed by atoms with E-state index in [1.165, 1.54) is 59.6 Å².